The fourth-order valence-corrected chi connectivity index (χ4v) is 2.87. The largest absolute Gasteiger partial charge is 0.374 e. The molecule has 0 aliphatic carbocycles. The van der Waals surface area contributed by atoms with Crippen LogP contribution in [0.2, 0.25) is 0 Å². The summed E-state index contributed by atoms with van der Waals surface area (Å²) in [6, 6.07) is 3.44. The minimum absolute atomic E-state index is 0.176. The lowest BCUT2D eigenvalue weighted by molar-refractivity contribution is 0.0199. The normalized spacial score (nSPS) is 12.0. The molecule has 0 radical (unpaired) electrons. The molecule has 0 spiro atoms. The van der Waals surface area contributed by atoms with Crippen molar-refractivity contribution in [1.29, 1.82) is 0 Å². The Morgan fingerprint density at radius 2 is 2.05 bits per heavy atom. The molecule has 0 heterocycles. The van der Waals surface area contributed by atoms with Gasteiger partial charge in [0.1, 0.15) is 12.4 Å². The molecule has 1 aromatic rings. The number of hydrogen-bond donors (Lipinski definition) is 2. The van der Waals surface area contributed by atoms with Crippen LogP contribution >= 0.6 is 0 Å². The van der Waals surface area contributed by atoms with Crippen molar-refractivity contribution in [3.63, 3.8) is 0 Å². The van der Waals surface area contributed by atoms with Gasteiger partial charge >= 0.3 is 0 Å². The maximum absolute atomic E-state index is 13.2. The summed E-state index contributed by atoms with van der Waals surface area (Å²) >= 11 is 0. The van der Waals surface area contributed by atoms with E-state index < -0.39 is 28.9 Å². The van der Waals surface area contributed by atoms with Gasteiger partial charge in [-0.1, -0.05) is 6.07 Å². The highest BCUT2D eigenvalue weighted by molar-refractivity contribution is 7.89. The van der Waals surface area contributed by atoms with Crippen LogP contribution in [0.4, 0.5) is 13.2 Å². The van der Waals surface area contributed by atoms with E-state index in [0.717, 1.165) is 12.1 Å². The number of hydrogen-bond acceptors (Lipinski definition) is 4. The summed E-state index contributed by atoms with van der Waals surface area (Å²) in [5.74, 6) is -0.677. The van der Waals surface area contributed by atoms with Gasteiger partial charge in [-0.15, -0.1) is 0 Å². The summed E-state index contributed by atoms with van der Waals surface area (Å²) in [4.78, 5) is -0.189. The lowest BCUT2D eigenvalue weighted by Crippen LogP contribution is -2.29. The highest BCUT2D eigenvalue weighted by Gasteiger charge is 2.18. The zero-order valence-electron chi connectivity index (χ0n) is 11.4. The first kappa shape index (κ1) is 17.9. The molecule has 0 amide bonds. The van der Waals surface area contributed by atoms with Crippen molar-refractivity contribution in [2.45, 2.75) is 17.9 Å². The number of sulfonamides is 1. The molecule has 0 fully saturated rings. The Bertz CT molecular complexity index is 553. The van der Waals surface area contributed by atoms with Crippen LogP contribution in [0.1, 0.15) is 5.56 Å². The molecular weight excluding hydrogens is 309 g/mol. The molecule has 21 heavy (non-hydrogen) atoms. The molecule has 0 saturated heterocycles. The summed E-state index contributed by atoms with van der Waals surface area (Å²) < 4.78 is 67.8. The molecule has 2 N–H and O–H groups in total. The van der Waals surface area contributed by atoms with E-state index in [-0.39, 0.29) is 24.6 Å². The zero-order chi connectivity index (χ0) is 15.9. The van der Waals surface area contributed by atoms with Crippen LogP contribution in [-0.2, 0) is 21.3 Å². The molecule has 120 valence electrons. The number of rotatable bonds is 9. The smallest absolute Gasteiger partial charge is 0.261 e. The lowest BCUT2D eigenvalue weighted by atomic mass is 10.2. The molecular formula is C12H17F3N2O3S. The summed E-state index contributed by atoms with van der Waals surface area (Å²) in [6.07, 6.45) is -2.60. The molecule has 1 rings (SSSR count). The second kappa shape index (κ2) is 8.32. The number of alkyl halides is 2. The minimum atomic E-state index is -3.93. The standard InChI is InChI=1S/C12H17F3N2O3S/c1-16-7-9-2-3-10(13)6-11(9)21(18,19)17-4-5-20-8-12(14)15/h2-3,6,12,16-17H,4-5,7-8H2,1H3. The van der Waals surface area contributed by atoms with Crippen molar-refractivity contribution in [2.75, 3.05) is 26.8 Å². The second-order valence-corrected chi connectivity index (χ2v) is 5.88. The van der Waals surface area contributed by atoms with Crippen LogP contribution in [0.25, 0.3) is 0 Å². The van der Waals surface area contributed by atoms with Crippen LogP contribution in [0.3, 0.4) is 0 Å². The predicted molar refractivity (Wildman–Crippen MR) is 71.2 cm³/mol. The van der Waals surface area contributed by atoms with Gasteiger partial charge in [-0.3, -0.25) is 0 Å². The number of halogens is 3. The second-order valence-electron chi connectivity index (χ2n) is 4.15. The molecule has 0 aromatic heterocycles. The fraction of sp³-hybridized carbons (Fsp3) is 0.500. The van der Waals surface area contributed by atoms with Crippen molar-refractivity contribution in [2.24, 2.45) is 0 Å². The monoisotopic (exact) mass is 326 g/mol. The van der Waals surface area contributed by atoms with Crippen molar-refractivity contribution < 1.29 is 26.3 Å². The Morgan fingerprint density at radius 3 is 2.67 bits per heavy atom. The first-order chi connectivity index (χ1) is 9.86. The number of benzene rings is 1. The summed E-state index contributed by atoms with van der Waals surface area (Å²) in [6.45, 7) is -0.879. The summed E-state index contributed by atoms with van der Waals surface area (Å²) in [7, 11) is -2.30. The van der Waals surface area contributed by atoms with Crippen LogP contribution in [0, 0.1) is 5.82 Å². The van der Waals surface area contributed by atoms with Gasteiger partial charge in [-0.25, -0.2) is 26.3 Å². The van der Waals surface area contributed by atoms with Gasteiger partial charge in [0.05, 0.1) is 11.5 Å². The topological polar surface area (TPSA) is 67.4 Å². The first-order valence-corrected chi connectivity index (χ1v) is 7.63. The Hall–Kier alpha value is -1.16. The maximum atomic E-state index is 13.2. The van der Waals surface area contributed by atoms with Gasteiger partial charge in [0, 0.05) is 13.1 Å². The van der Waals surface area contributed by atoms with E-state index in [0.29, 0.717) is 5.56 Å². The van der Waals surface area contributed by atoms with Gasteiger partial charge in [-0.05, 0) is 24.7 Å². The molecule has 0 bridgehead atoms. The van der Waals surface area contributed by atoms with E-state index in [1.807, 2.05) is 0 Å². The van der Waals surface area contributed by atoms with Crippen molar-refractivity contribution in [1.82, 2.24) is 10.0 Å². The van der Waals surface area contributed by atoms with Crippen LogP contribution in [-0.4, -0.2) is 41.6 Å². The van der Waals surface area contributed by atoms with E-state index in [4.69, 9.17) is 0 Å². The fourth-order valence-electron chi connectivity index (χ4n) is 1.61. The number of nitrogens with one attached hydrogen (secondary N) is 2. The third kappa shape index (κ3) is 6.00. The van der Waals surface area contributed by atoms with Crippen molar-refractivity contribution >= 4 is 10.0 Å². The molecule has 1 aromatic carbocycles. The Kier molecular flexibility index (Phi) is 7.09. The van der Waals surface area contributed by atoms with Gasteiger partial charge in [0.2, 0.25) is 10.0 Å². The van der Waals surface area contributed by atoms with Crippen molar-refractivity contribution in [3.05, 3.63) is 29.6 Å². The average Bonchev–Trinajstić information content (AvgIpc) is 2.40. The lowest BCUT2D eigenvalue weighted by Gasteiger charge is -2.11. The molecule has 0 saturated carbocycles. The van der Waals surface area contributed by atoms with Crippen LogP contribution in [0.15, 0.2) is 23.1 Å². The highest BCUT2D eigenvalue weighted by atomic mass is 32.2. The summed E-state index contributed by atoms with van der Waals surface area (Å²) in [5.41, 5.74) is 0.403. The Morgan fingerprint density at radius 1 is 1.33 bits per heavy atom. The SMILES string of the molecule is CNCc1ccc(F)cc1S(=O)(=O)NCCOCC(F)F. The third-order valence-corrected chi connectivity index (χ3v) is 4.01. The Labute approximate surface area is 121 Å². The molecule has 0 atom stereocenters. The Balaban J connectivity index is 2.71. The van der Waals surface area contributed by atoms with Gasteiger partial charge < -0.3 is 10.1 Å². The molecule has 0 unspecified atom stereocenters. The third-order valence-electron chi connectivity index (χ3n) is 2.47. The van der Waals surface area contributed by atoms with E-state index >= 15 is 0 Å². The predicted octanol–water partition coefficient (Wildman–Crippen LogP) is 1.11. The van der Waals surface area contributed by atoms with Gasteiger partial charge in [0.15, 0.2) is 0 Å². The van der Waals surface area contributed by atoms with E-state index in [2.05, 4.69) is 14.8 Å². The van der Waals surface area contributed by atoms with Gasteiger partial charge in [0.25, 0.3) is 6.43 Å². The minimum Gasteiger partial charge on any atom is -0.374 e. The van der Waals surface area contributed by atoms with E-state index in [1.165, 1.54) is 6.07 Å². The van der Waals surface area contributed by atoms with E-state index in [1.54, 1.807) is 7.05 Å². The molecule has 5 nitrogen and oxygen atoms in total. The molecule has 0 aliphatic rings. The zero-order valence-corrected chi connectivity index (χ0v) is 12.2. The highest BCUT2D eigenvalue weighted by Crippen LogP contribution is 2.17. The molecule has 0 aliphatic heterocycles. The average molecular weight is 326 g/mol. The van der Waals surface area contributed by atoms with Crippen molar-refractivity contribution in [3.8, 4) is 0 Å². The maximum Gasteiger partial charge on any atom is 0.261 e. The van der Waals surface area contributed by atoms with E-state index in [9.17, 15) is 21.6 Å². The number of ether oxygens (including phenoxy) is 1. The van der Waals surface area contributed by atoms with Crippen LogP contribution < -0.4 is 10.0 Å². The van der Waals surface area contributed by atoms with Crippen LogP contribution in [0.5, 0.6) is 0 Å². The summed E-state index contributed by atoms with van der Waals surface area (Å²) in [5, 5.41) is 2.78. The quantitative estimate of drug-likeness (QED) is 0.667. The van der Waals surface area contributed by atoms with Gasteiger partial charge in [-0.2, -0.15) is 0 Å². The molecule has 9 heteroatoms. The first-order valence-electron chi connectivity index (χ1n) is 6.15.